The third-order valence-corrected chi connectivity index (χ3v) is 10.6. The lowest BCUT2D eigenvalue weighted by Gasteiger charge is -2.19. The fourth-order valence-electron chi connectivity index (χ4n) is 8.36. The predicted molar refractivity (Wildman–Crippen MR) is 213 cm³/mol. The number of fused-ring (bicyclic) bond motifs is 10. The predicted octanol–water partition coefficient (Wildman–Crippen LogP) is 12.4. The van der Waals surface area contributed by atoms with E-state index in [0.717, 1.165) is 63.4 Å². The van der Waals surface area contributed by atoms with E-state index in [1.165, 1.54) is 48.9 Å². The number of rotatable bonds is 3. The van der Waals surface area contributed by atoms with E-state index in [2.05, 4.69) is 167 Å². The molecule has 11 rings (SSSR count). The first kappa shape index (κ1) is 28.2. The van der Waals surface area contributed by atoms with Gasteiger partial charge < -0.3 is 13.6 Å². The average Bonchev–Trinajstić information content (AvgIpc) is 3.81. The average molecular weight is 654 g/mol. The fraction of sp³-hybridized carbons (Fsp3) is 0.0426. The van der Waals surface area contributed by atoms with E-state index >= 15 is 0 Å². The first-order chi connectivity index (χ1) is 25.3. The molecular weight excluding hydrogens is 623 g/mol. The highest BCUT2D eigenvalue weighted by atomic mass is 16.3. The minimum atomic E-state index is 0.766. The van der Waals surface area contributed by atoms with Crippen molar-refractivity contribution < 1.29 is 4.42 Å². The van der Waals surface area contributed by atoms with Gasteiger partial charge in [0.1, 0.15) is 17.0 Å². The molecule has 0 amide bonds. The summed E-state index contributed by atoms with van der Waals surface area (Å²) in [6, 6.07) is 56.5. The summed E-state index contributed by atoms with van der Waals surface area (Å²) in [6.07, 6.45) is 3.96. The lowest BCUT2D eigenvalue weighted by atomic mass is 9.97. The molecular formula is C47H31N3O. The molecule has 0 unspecified atom stereocenters. The van der Waals surface area contributed by atoms with Gasteiger partial charge in [-0.2, -0.15) is 0 Å². The molecule has 10 aromatic rings. The molecule has 4 heterocycles. The SMILES string of the molecule is C1=C(n2c3ccccc3c3cc4ccccc4cc32)\C(c2cccc3c2c2ccccc2n3-c2ccccc2)=N/c2c(oc3ccccc23)CC/1. The molecule has 0 bridgehead atoms. The number of allylic oxidation sites excluding steroid dienone is 2. The molecule has 0 saturated carbocycles. The summed E-state index contributed by atoms with van der Waals surface area (Å²) < 4.78 is 11.3. The molecule has 240 valence electrons. The summed E-state index contributed by atoms with van der Waals surface area (Å²) in [5, 5.41) is 8.34. The van der Waals surface area contributed by atoms with Crippen molar-refractivity contribution in [2.45, 2.75) is 12.8 Å². The Kier molecular flexibility index (Phi) is 6.05. The number of nitrogens with zero attached hydrogens (tertiary/aromatic N) is 3. The van der Waals surface area contributed by atoms with Gasteiger partial charge in [0, 0.05) is 44.6 Å². The second-order valence-corrected chi connectivity index (χ2v) is 13.4. The van der Waals surface area contributed by atoms with E-state index in [0.29, 0.717) is 0 Å². The summed E-state index contributed by atoms with van der Waals surface area (Å²) in [5.74, 6) is 0.927. The Bertz CT molecular complexity index is 3080. The zero-order chi connectivity index (χ0) is 33.5. The minimum absolute atomic E-state index is 0.766. The van der Waals surface area contributed by atoms with Gasteiger partial charge in [-0.3, -0.25) is 0 Å². The van der Waals surface area contributed by atoms with E-state index in [4.69, 9.17) is 9.41 Å². The van der Waals surface area contributed by atoms with Crippen LogP contribution >= 0.6 is 0 Å². The highest BCUT2D eigenvalue weighted by Gasteiger charge is 2.26. The maximum Gasteiger partial charge on any atom is 0.136 e. The number of aryl methyl sites for hydroxylation is 1. The molecule has 1 aliphatic heterocycles. The Labute approximate surface area is 293 Å². The number of aromatic nitrogens is 2. The topological polar surface area (TPSA) is 35.4 Å². The van der Waals surface area contributed by atoms with Gasteiger partial charge >= 0.3 is 0 Å². The second kappa shape index (κ2) is 10.9. The Morgan fingerprint density at radius 3 is 2.02 bits per heavy atom. The van der Waals surface area contributed by atoms with Crippen LogP contribution < -0.4 is 0 Å². The van der Waals surface area contributed by atoms with Crippen molar-refractivity contribution in [2.24, 2.45) is 4.99 Å². The molecule has 3 aromatic heterocycles. The van der Waals surface area contributed by atoms with Crippen molar-refractivity contribution in [3.8, 4) is 5.69 Å². The lowest BCUT2D eigenvalue weighted by Crippen LogP contribution is -2.13. The van der Waals surface area contributed by atoms with Gasteiger partial charge in [-0.25, -0.2) is 4.99 Å². The molecule has 7 aromatic carbocycles. The van der Waals surface area contributed by atoms with Crippen LogP contribution in [-0.4, -0.2) is 14.8 Å². The zero-order valence-corrected chi connectivity index (χ0v) is 27.8. The second-order valence-electron chi connectivity index (χ2n) is 13.4. The number of benzene rings is 7. The van der Waals surface area contributed by atoms with E-state index in [9.17, 15) is 0 Å². The highest BCUT2D eigenvalue weighted by Crippen LogP contribution is 2.42. The first-order valence-electron chi connectivity index (χ1n) is 17.6. The van der Waals surface area contributed by atoms with E-state index in [1.807, 2.05) is 6.07 Å². The van der Waals surface area contributed by atoms with Crippen molar-refractivity contribution in [3.63, 3.8) is 0 Å². The van der Waals surface area contributed by atoms with Crippen LogP contribution in [-0.2, 0) is 6.42 Å². The van der Waals surface area contributed by atoms with E-state index in [-0.39, 0.29) is 0 Å². The molecule has 4 heteroatoms. The maximum atomic E-state index is 6.50. The zero-order valence-electron chi connectivity index (χ0n) is 27.8. The Morgan fingerprint density at radius 2 is 1.18 bits per heavy atom. The van der Waals surface area contributed by atoms with Crippen molar-refractivity contribution in [3.05, 3.63) is 175 Å². The van der Waals surface area contributed by atoms with Crippen LogP contribution in [0.25, 0.3) is 76.7 Å². The third-order valence-electron chi connectivity index (χ3n) is 10.6. The van der Waals surface area contributed by atoms with E-state index < -0.39 is 0 Å². The molecule has 0 fully saturated rings. The summed E-state index contributed by atoms with van der Waals surface area (Å²) in [7, 11) is 0. The number of hydrogen-bond donors (Lipinski definition) is 0. The van der Waals surface area contributed by atoms with Crippen molar-refractivity contribution in [2.75, 3.05) is 0 Å². The standard InChI is InChI=1S/C47H31N3O/c1-2-16-32(17-3-1)49-39-23-10-7-19-34(39)45-36(21-12-24-40(45)49)46-41(25-13-27-44-47(48-46)35-20-8-11-26-43(35)51-44)50-38-22-9-6-18-33(38)37-28-30-14-4-5-15-31(30)29-42(37)50/h1-12,14-26,28-29H,13,27H2/b41-25+,48-46-. The molecule has 51 heavy (non-hydrogen) atoms. The van der Waals surface area contributed by atoms with Gasteiger partial charge in [0.15, 0.2) is 0 Å². The van der Waals surface area contributed by atoms with Crippen LogP contribution in [0, 0.1) is 0 Å². The van der Waals surface area contributed by atoms with Crippen molar-refractivity contribution in [1.29, 1.82) is 0 Å². The number of hydrogen-bond acceptors (Lipinski definition) is 2. The minimum Gasteiger partial charge on any atom is -0.459 e. The largest absolute Gasteiger partial charge is 0.459 e. The van der Waals surface area contributed by atoms with Gasteiger partial charge in [-0.15, -0.1) is 0 Å². The lowest BCUT2D eigenvalue weighted by molar-refractivity contribution is 0.550. The van der Waals surface area contributed by atoms with Crippen LogP contribution in [0.5, 0.6) is 0 Å². The molecule has 4 nitrogen and oxygen atoms in total. The quantitative estimate of drug-likeness (QED) is 0.187. The number of aliphatic imine (C=N–C) groups is 1. The summed E-state index contributed by atoms with van der Waals surface area (Å²) in [4.78, 5) is 5.73. The van der Waals surface area contributed by atoms with Crippen molar-refractivity contribution >= 4 is 82.4 Å². The van der Waals surface area contributed by atoms with Crippen molar-refractivity contribution in [1.82, 2.24) is 9.13 Å². The van der Waals surface area contributed by atoms with E-state index in [1.54, 1.807) is 0 Å². The Balaban J connectivity index is 1.29. The van der Waals surface area contributed by atoms with Gasteiger partial charge in [-0.05, 0) is 71.8 Å². The Hall–Kier alpha value is -6.65. The molecule has 0 aliphatic carbocycles. The Morgan fingerprint density at radius 1 is 0.510 bits per heavy atom. The molecule has 1 aliphatic rings. The summed E-state index contributed by atoms with van der Waals surface area (Å²) >= 11 is 0. The highest BCUT2D eigenvalue weighted by molar-refractivity contribution is 6.36. The summed E-state index contributed by atoms with van der Waals surface area (Å²) in [6.45, 7) is 0. The first-order valence-corrected chi connectivity index (χ1v) is 17.6. The summed E-state index contributed by atoms with van der Waals surface area (Å²) in [5.41, 5.74) is 10.7. The number of para-hydroxylation sites is 4. The molecule has 0 saturated heterocycles. The number of furan rings is 1. The van der Waals surface area contributed by atoms with Crippen LogP contribution in [0.15, 0.2) is 173 Å². The van der Waals surface area contributed by atoms with Gasteiger partial charge in [0.25, 0.3) is 0 Å². The normalized spacial score (nSPS) is 15.6. The molecule has 0 spiro atoms. The van der Waals surface area contributed by atoms with Gasteiger partial charge in [0.05, 0.1) is 33.5 Å². The third kappa shape index (κ3) is 4.17. The van der Waals surface area contributed by atoms with Crippen LogP contribution in [0.3, 0.4) is 0 Å². The van der Waals surface area contributed by atoms with Crippen LogP contribution in [0.2, 0.25) is 0 Å². The monoisotopic (exact) mass is 653 g/mol. The van der Waals surface area contributed by atoms with Crippen LogP contribution in [0.4, 0.5) is 5.69 Å². The maximum absolute atomic E-state index is 6.50. The van der Waals surface area contributed by atoms with Gasteiger partial charge in [-0.1, -0.05) is 109 Å². The smallest absolute Gasteiger partial charge is 0.136 e. The molecule has 0 N–H and O–H groups in total. The van der Waals surface area contributed by atoms with Gasteiger partial charge in [0.2, 0.25) is 0 Å². The molecule has 0 atom stereocenters. The fourth-order valence-corrected chi connectivity index (χ4v) is 8.36. The van der Waals surface area contributed by atoms with Crippen LogP contribution in [0.1, 0.15) is 17.7 Å². The molecule has 0 radical (unpaired) electrons.